The molecule has 7 rings (SSSR count). The SMILES string of the molecule is C[C@H]1[C@H](N2CCN(C)CC2)CCN1c1ncc2c3c(c(-c4ncc(F)c5sc(N)c(C#N)c45)c(F)c2n1)COC3. The first-order valence-corrected chi connectivity index (χ1v) is 14.2. The fraction of sp³-hybridized carbons (Fsp3) is 0.429. The number of likely N-dealkylation sites (N-methyl/N-ethyl adjacent to an activating group) is 1. The highest BCUT2D eigenvalue weighted by atomic mass is 32.1. The van der Waals surface area contributed by atoms with Gasteiger partial charge in [-0.3, -0.25) is 9.88 Å². The van der Waals surface area contributed by atoms with Crippen molar-refractivity contribution < 1.29 is 13.5 Å². The summed E-state index contributed by atoms with van der Waals surface area (Å²) in [6.07, 6.45) is 3.73. The van der Waals surface area contributed by atoms with Crippen molar-refractivity contribution >= 4 is 43.3 Å². The van der Waals surface area contributed by atoms with Crippen LogP contribution in [0.15, 0.2) is 12.4 Å². The first kappa shape index (κ1) is 25.5. The van der Waals surface area contributed by atoms with Crippen LogP contribution >= 0.6 is 11.3 Å². The van der Waals surface area contributed by atoms with Gasteiger partial charge < -0.3 is 20.3 Å². The van der Waals surface area contributed by atoms with Crippen LogP contribution in [0, 0.1) is 23.0 Å². The zero-order chi connectivity index (χ0) is 27.7. The minimum Gasteiger partial charge on any atom is -0.389 e. The second-order valence-corrected chi connectivity index (χ2v) is 11.9. The lowest BCUT2D eigenvalue weighted by molar-refractivity contribution is 0.108. The largest absolute Gasteiger partial charge is 0.389 e. The van der Waals surface area contributed by atoms with Gasteiger partial charge in [0.15, 0.2) is 11.6 Å². The van der Waals surface area contributed by atoms with Crippen molar-refractivity contribution in [3.8, 4) is 17.3 Å². The Labute approximate surface area is 233 Å². The molecule has 1 aromatic carbocycles. The molecule has 12 heteroatoms. The zero-order valence-corrected chi connectivity index (χ0v) is 23.1. The van der Waals surface area contributed by atoms with Gasteiger partial charge in [-0.2, -0.15) is 5.26 Å². The number of hydrogen-bond acceptors (Lipinski definition) is 10. The van der Waals surface area contributed by atoms with E-state index in [2.05, 4.69) is 44.7 Å². The normalized spacial score (nSPS) is 21.9. The molecule has 9 nitrogen and oxygen atoms in total. The van der Waals surface area contributed by atoms with Crippen LogP contribution in [0.4, 0.5) is 19.7 Å². The molecule has 0 amide bonds. The summed E-state index contributed by atoms with van der Waals surface area (Å²) in [5, 5.41) is 10.8. The molecule has 40 heavy (non-hydrogen) atoms. The number of fused-ring (bicyclic) bond motifs is 4. The average molecular weight is 563 g/mol. The lowest BCUT2D eigenvalue weighted by Crippen LogP contribution is -2.52. The van der Waals surface area contributed by atoms with E-state index in [9.17, 15) is 9.65 Å². The molecular weight excluding hydrogens is 534 g/mol. The van der Waals surface area contributed by atoms with Crippen molar-refractivity contribution in [2.75, 3.05) is 50.4 Å². The van der Waals surface area contributed by atoms with Gasteiger partial charge in [0, 0.05) is 67.3 Å². The lowest BCUT2D eigenvalue weighted by Gasteiger charge is -2.38. The molecule has 3 aromatic heterocycles. The number of nitrogens with two attached hydrogens (primary N) is 1. The van der Waals surface area contributed by atoms with Crippen LogP contribution < -0.4 is 10.6 Å². The minimum absolute atomic E-state index is 0.0957. The quantitative estimate of drug-likeness (QED) is 0.398. The number of halogens is 2. The fourth-order valence-corrected chi connectivity index (χ4v) is 7.45. The van der Waals surface area contributed by atoms with E-state index >= 15 is 4.39 Å². The molecule has 2 atom stereocenters. The minimum atomic E-state index is -0.603. The van der Waals surface area contributed by atoms with Crippen molar-refractivity contribution in [1.29, 1.82) is 5.26 Å². The Balaban J connectivity index is 1.36. The second kappa shape index (κ2) is 9.55. The van der Waals surface area contributed by atoms with E-state index < -0.39 is 11.6 Å². The molecule has 0 aliphatic carbocycles. The number of thiophene rings is 1. The Bertz CT molecular complexity index is 1710. The van der Waals surface area contributed by atoms with Crippen LogP contribution in [0.2, 0.25) is 0 Å². The number of aromatic nitrogens is 3. The number of pyridine rings is 1. The van der Waals surface area contributed by atoms with Crippen LogP contribution in [0.25, 0.3) is 32.2 Å². The van der Waals surface area contributed by atoms with Gasteiger partial charge >= 0.3 is 0 Å². The molecule has 3 aliphatic heterocycles. The van der Waals surface area contributed by atoms with Crippen LogP contribution in [-0.4, -0.2) is 76.6 Å². The monoisotopic (exact) mass is 562 g/mol. The number of nitrogen functional groups attached to an aromatic ring is 1. The van der Waals surface area contributed by atoms with Crippen molar-refractivity contribution in [3.05, 3.63) is 40.7 Å². The molecule has 2 N–H and O–H groups in total. The fourth-order valence-electron chi connectivity index (χ4n) is 6.52. The zero-order valence-electron chi connectivity index (χ0n) is 22.2. The molecule has 2 saturated heterocycles. The molecular formula is C28H28F2N8OS. The predicted octanol–water partition coefficient (Wildman–Crippen LogP) is 3.88. The summed E-state index contributed by atoms with van der Waals surface area (Å²) < 4.78 is 37.3. The number of hydrogen-bond donors (Lipinski definition) is 1. The Morgan fingerprint density at radius 1 is 1.10 bits per heavy atom. The third-order valence-corrected chi connectivity index (χ3v) is 9.74. The van der Waals surface area contributed by atoms with E-state index in [1.807, 2.05) is 0 Å². The molecule has 2 fully saturated rings. The third kappa shape index (κ3) is 3.76. The Morgan fingerprint density at radius 2 is 1.88 bits per heavy atom. The maximum Gasteiger partial charge on any atom is 0.226 e. The Morgan fingerprint density at radius 3 is 2.65 bits per heavy atom. The van der Waals surface area contributed by atoms with E-state index in [0.717, 1.165) is 62.2 Å². The summed E-state index contributed by atoms with van der Waals surface area (Å²) in [4.78, 5) is 20.8. The highest BCUT2D eigenvalue weighted by Crippen LogP contribution is 2.45. The molecule has 3 aliphatic rings. The second-order valence-electron chi connectivity index (χ2n) is 10.8. The van der Waals surface area contributed by atoms with Gasteiger partial charge in [0.25, 0.3) is 0 Å². The van der Waals surface area contributed by atoms with E-state index in [-0.39, 0.29) is 56.7 Å². The van der Waals surface area contributed by atoms with E-state index in [1.54, 1.807) is 6.20 Å². The van der Waals surface area contributed by atoms with Gasteiger partial charge in [-0.05, 0) is 31.5 Å². The average Bonchev–Trinajstić information content (AvgIpc) is 3.67. The highest BCUT2D eigenvalue weighted by Gasteiger charge is 2.37. The van der Waals surface area contributed by atoms with Gasteiger partial charge in [0.05, 0.1) is 35.4 Å². The van der Waals surface area contributed by atoms with Gasteiger partial charge in [-0.15, -0.1) is 11.3 Å². The predicted molar refractivity (Wildman–Crippen MR) is 150 cm³/mol. The molecule has 4 aromatic rings. The summed E-state index contributed by atoms with van der Waals surface area (Å²) in [6.45, 7) is 7.55. The number of benzene rings is 1. The van der Waals surface area contributed by atoms with Crippen LogP contribution in [0.5, 0.6) is 0 Å². The number of nitrogens with zero attached hydrogens (tertiary/aromatic N) is 7. The van der Waals surface area contributed by atoms with Crippen molar-refractivity contribution in [2.24, 2.45) is 0 Å². The summed E-state index contributed by atoms with van der Waals surface area (Å²) >= 11 is 0.961. The van der Waals surface area contributed by atoms with Gasteiger partial charge in [0.1, 0.15) is 16.6 Å². The van der Waals surface area contributed by atoms with Crippen molar-refractivity contribution in [1.82, 2.24) is 24.8 Å². The molecule has 206 valence electrons. The third-order valence-electron chi connectivity index (χ3n) is 8.71. The van der Waals surface area contributed by atoms with Gasteiger partial charge in [0.2, 0.25) is 5.95 Å². The van der Waals surface area contributed by atoms with Crippen molar-refractivity contribution in [2.45, 2.75) is 38.6 Å². The standard InChI is InChI=1S/C28H28F2N8OS/c1-14-20(37-7-5-36(2)6-8-37)3-4-38(14)28-34-10-16-17-12-39-13-18(17)21(23(30)24(16)35-28)25-22-15(9-31)27(32)40-26(22)19(29)11-33-25/h10-11,14,20H,3-8,12-13,32H2,1-2H3/t14-,20+/m0/s1. The molecule has 0 unspecified atom stereocenters. The van der Waals surface area contributed by atoms with E-state index in [0.29, 0.717) is 22.9 Å². The number of anilines is 2. The first-order valence-electron chi connectivity index (χ1n) is 13.4. The number of nitriles is 1. The first-order chi connectivity index (χ1) is 19.4. The van der Waals surface area contributed by atoms with Crippen molar-refractivity contribution in [3.63, 3.8) is 0 Å². The van der Waals surface area contributed by atoms with Crippen LogP contribution in [-0.2, 0) is 18.0 Å². The molecule has 0 spiro atoms. The Kier molecular flexibility index (Phi) is 6.08. The van der Waals surface area contributed by atoms with E-state index in [4.69, 9.17) is 15.5 Å². The summed E-state index contributed by atoms with van der Waals surface area (Å²) in [7, 11) is 2.15. The summed E-state index contributed by atoms with van der Waals surface area (Å²) in [5.41, 5.74) is 8.05. The molecule has 6 heterocycles. The maximum absolute atomic E-state index is 16.6. The molecule has 0 radical (unpaired) electrons. The number of piperazine rings is 1. The smallest absolute Gasteiger partial charge is 0.226 e. The number of ether oxygens (including phenoxy) is 1. The number of rotatable bonds is 3. The summed E-state index contributed by atoms with van der Waals surface area (Å²) in [6, 6.07) is 2.60. The van der Waals surface area contributed by atoms with E-state index in [1.165, 1.54) is 0 Å². The maximum atomic E-state index is 16.6. The highest BCUT2D eigenvalue weighted by molar-refractivity contribution is 7.23. The molecule has 0 bridgehead atoms. The van der Waals surface area contributed by atoms with Crippen LogP contribution in [0.3, 0.4) is 0 Å². The topological polar surface area (TPSA) is 107 Å². The lowest BCUT2D eigenvalue weighted by atomic mass is 9.94. The Hall–Kier alpha value is -3.50. The van der Waals surface area contributed by atoms with Crippen LogP contribution in [0.1, 0.15) is 30.0 Å². The summed E-state index contributed by atoms with van der Waals surface area (Å²) in [5.74, 6) is -0.705. The van der Waals surface area contributed by atoms with Gasteiger partial charge in [-0.1, -0.05) is 0 Å². The molecule has 0 saturated carbocycles. The van der Waals surface area contributed by atoms with Gasteiger partial charge in [-0.25, -0.2) is 18.7 Å².